The van der Waals surface area contributed by atoms with Gasteiger partial charge >= 0.3 is 12.2 Å². The summed E-state index contributed by atoms with van der Waals surface area (Å²) >= 11 is 0. The Morgan fingerprint density at radius 3 is 2.21 bits per heavy atom. The van der Waals surface area contributed by atoms with Gasteiger partial charge in [0.2, 0.25) is 0 Å². The highest BCUT2D eigenvalue weighted by molar-refractivity contribution is 6.74. The van der Waals surface area contributed by atoms with E-state index in [-0.39, 0.29) is 60.1 Å². The van der Waals surface area contributed by atoms with Crippen LogP contribution in [-0.4, -0.2) is 125 Å². The van der Waals surface area contributed by atoms with Gasteiger partial charge in [-0.05, 0) is 151 Å². The van der Waals surface area contributed by atoms with Crippen LogP contribution in [0.15, 0.2) is 36.5 Å². The molecule has 15 nitrogen and oxygen atoms in total. The van der Waals surface area contributed by atoms with Gasteiger partial charge in [0.1, 0.15) is 29.7 Å². The Bertz CT molecular complexity index is 2220. The lowest BCUT2D eigenvalue weighted by Crippen LogP contribution is -2.65. The predicted octanol–water partition coefficient (Wildman–Crippen LogP) is 13.5. The number of ketones is 1. The van der Waals surface area contributed by atoms with Crippen LogP contribution in [0.2, 0.25) is 36.3 Å². The van der Waals surface area contributed by atoms with Gasteiger partial charge < -0.3 is 57.8 Å². The standard InChI is InChI=1S/C63H108N2O13Si2/c1-18-34-70-55(68)64-40-45(8)43(6)37-60-31-27-46(50(41-66)65-56(69)75-57(9,10)11)36-49(60)53-54-52(76-79(16,17)58(12,13)14)44(7)38-62(73-53,74-54)39-48-25-23-29-61(71-48)32-33-63(77-61)59(15,78-80(19-2,20-3)21-4)30-28-47(72-63)35-42(5)24-22-26-51(60)67/h18,36,43-45,47-50,52-54,66H,1,5,19-35,37-41H2,2-4,6-17H3,(H,64,68)(H,65,69)/t43-,44+,45-,47-,48+,49+,50-,52+,53-,54-,59+,60-,61+,62+,63+/m0/s1. The van der Waals surface area contributed by atoms with Crippen molar-refractivity contribution in [3.63, 3.8) is 0 Å². The minimum absolute atomic E-state index is 0.00730. The van der Waals surface area contributed by atoms with E-state index in [1.54, 1.807) is 0 Å². The van der Waals surface area contributed by atoms with Crippen molar-refractivity contribution >= 4 is 34.6 Å². The van der Waals surface area contributed by atoms with Crippen LogP contribution in [0.1, 0.15) is 193 Å². The number of hydrogen-bond donors (Lipinski definition) is 3. The number of Topliss-reactive ketones (excluding diaryl/α,β-unsaturated/α-hetero) is 1. The van der Waals surface area contributed by atoms with Gasteiger partial charge in [-0.3, -0.25) is 4.79 Å². The van der Waals surface area contributed by atoms with Gasteiger partial charge in [0.15, 0.2) is 34.0 Å². The molecule has 0 radical (unpaired) electrons. The van der Waals surface area contributed by atoms with Crippen molar-refractivity contribution in [2.45, 2.75) is 294 Å². The number of hydrogen-bond acceptors (Lipinski definition) is 13. The molecule has 3 spiro atoms. The molecule has 80 heavy (non-hydrogen) atoms. The highest BCUT2D eigenvalue weighted by atomic mass is 28.4. The van der Waals surface area contributed by atoms with Crippen molar-refractivity contribution in [3.8, 4) is 0 Å². The van der Waals surface area contributed by atoms with Crippen molar-refractivity contribution in [1.82, 2.24) is 10.6 Å². The largest absolute Gasteiger partial charge is 0.445 e. The molecule has 456 valence electrons. The number of aliphatic hydroxyl groups is 1. The van der Waals surface area contributed by atoms with Crippen molar-refractivity contribution in [3.05, 3.63) is 36.5 Å². The lowest BCUT2D eigenvalue weighted by molar-refractivity contribution is -0.400. The Hall–Kier alpha value is -2.46. The summed E-state index contributed by atoms with van der Waals surface area (Å²) in [7, 11) is -4.59. The molecule has 7 rings (SSSR count). The van der Waals surface area contributed by atoms with Crippen LogP contribution in [0.3, 0.4) is 0 Å². The van der Waals surface area contributed by atoms with Gasteiger partial charge in [-0.2, -0.15) is 0 Å². The topological polar surface area (TPSA) is 179 Å². The van der Waals surface area contributed by atoms with E-state index in [9.17, 15) is 14.7 Å². The number of nitrogens with one attached hydrogen (secondary N) is 2. The summed E-state index contributed by atoms with van der Waals surface area (Å²) in [5.41, 5.74) is -0.588. The smallest absolute Gasteiger partial charge is 0.408 e. The zero-order valence-corrected chi connectivity index (χ0v) is 54.2. The fourth-order valence-electron chi connectivity index (χ4n) is 14.5. The second-order valence-corrected chi connectivity index (χ2v) is 38.0. The molecule has 17 heteroatoms. The Balaban J connectivity index is 1.36. The fourth-order valence-corrected chi connectivity index (χ4v) is 19.1. The van der Waals surface area contributed by atoms with E-state index in [0.717, 1.165) is 61.4 Å². The summed E-state index contributed by atoms with van der Waals surface area (Å²) in [4.78, 5) is 42.5. The lowest BCUT2D eigenvalue weighted by atomic mass is 9.57. The van der Waals surface area contributed by atoms with Gasteiger partial charge in [0.25, 0.3) is 0 Å². The van der Waals surface area contributed by atoms with E-state index in [2.05, 4.69) is 112 Å². The first-order valence-corrected chi connectivity index (χ1v) is 36.6. The number of alkyl carbamates (subject to hydrolysis) is 2. The Morgan fingerprint density at radius 1 is 0.863 bits per heavy atom. The molecule has 3 N–H and O–H groups in total. The normalized spacial score (nSPS) is 36.5. The third-order valence-electron chi connectivity index (χ3n) is 20.6. The average molecular weight is 1160 g/mol. The van der Waals surface area contributed by atoms with Gasteiger partial charge in [0.05, 0.1) is 37.1 Å². The molecular formula is C63H108N2O13Si2. The monoisotopic (exact) mass is 1160 g/mol. The molecule has 7 bridgehead atoms. The zero-order valence-electron chi connectivity index (χ0n) is 52.2. The van der Waals surface area contributed by atoms with Crippen LogP contribution in [-0.2, 0) is 46.8 Å². The Morgan fingerprint density at radius 2 is 1.56 bits per heavy atom. The van der Waals surface area contributed by atoms with Crippen LogP contribution in [0.4, 0.5) is 9.59 Å². The maximum absolute atomic E-state index is 16.2. The van der Waals surface area contributed by atoms with E-state index < -0.39 is 87.0 Å². The highest BCUT2D eigenvalue weighted by Gasteiger charge is 2.68. The first-order chi connectivity index (χ1) is 37.4. The number of ether oxygens (including phenoxy) is 7. The molecule has 0 aromatic carbocycles. The number of carbonyl (C=O) groups excluding carboxylic acids is 3. The van der Waals surface area contributed by atoms with Crippen LogP contribution >= 0.6 is 0 Å². The van der Waals surface area contributed by atoms with Gasteiger partial charge in [-0.1, -0.05) is 93.2 Å². The average Bonchev–Trinajstić information content (AvgIpc) is 4.01. The number of aliphatic hydroxyl groups excluding tert-OH is 1. The molecule has 1 aliphatic carbocycles. The molecule has 6 saturated heterocycles. The number of rotatable bonds is 17. The number of amides is 2. The molecule has 0 aromatic heterocycles. The van der Waals surface area contributed by atoms with Crippen LogP contribution in [0, 0.1) is 29.1 Å². The quantitative estimate of drug-likeness (QED) is 0.0926. The number of carbonyl (C=O) groups is 3. The molecule has 0 unspecified atom stereocenters. The van der Waals surface area contributed by atoms with Crippen LogP contribution < -0.4 is 10.6 Å². The van der Waals surface area contributed by atoms with Gasteiger partial charge in [-0.15, -0.1) is 0 Å². The molecule has 7 aliphatic rings. The van der Waals surface area contributed by atoms with Crippen LogP contribution in [0.5, 0.6) is 0 Å². The van der Waals surface area contributed by atoms with Gasteiger partial charge in [0, 0.05) is 56.4 Å². The molecule has 6 heterocycles. The second-order valence-electron chi connectivity index (χ2n) is 28.5. The first-order valence-electron chi connectivity index (χ1n) is 31.2. The molecule has 15 atom stereocenters. The van der Waals surface area contributed by atoms with Gasteiger partial charge in [-0.25, -0.2) is 9.59 Å². The SMILES string of the molecule is C=CCOC(=O)NC[C@H](C)[C@@H](C)C[C@@]12CCC([C@H](CO)NC(=O)OC(C)(C)C)=C[C@@H]1[C@@H]1O[C@]3(C[C@H]4CCC[C@@]5(CC[C@@]6(O[C@@H](CC[C@@]6(C)O[Si](CC)(CC)CC)CC(=C)CCCC2=O)O5)O4)C[C@@H](C)[C@@H](O[Si](C)(C)C(C)(C)C)[C@@H]1O3. The summed E-state index contributed by atoms with van der Waals surface area (Å²) in [6.45, 7) is 40.8. The van der Waals surface area contributed by atoms with Crippen molar-refractivity contribution in [2.24, 2.45) is 29.1 Å². The van der Waals surface area contributed by atoms with Crippen molar-refractivity contribution in [2.75, 3.05) is 19.8 Å². The first kappa shape index (κ1) is 65.1. The Kier molecular flexibility index (Phi) is 20.5. The third kappa shape index (κ3) is 14.1. The third-order valence-corrected chi connectivity index (χ3v) is 29.8. The molecule has 6 aliphatic heterocycles. The molecule has 0 aromatic rings. The molecule has 2 amide bonds. The molecule has 0 saturated carbocycles. The van der Waals surface area contributed by atoms with E-state index in [4.69, 9.17) is 42.0 Å². The number of fused-ring (bicyclic) bond motifs is 7. The molecule has 6 fully saturated rings. The van der Waals surface area contributed by atoms with E-state index in [0.29, 0.717) is 77.2 Å². The van der Waals surface area contributed by atoms with Crippen LogP contribution in [0.25, 0.3) is 0 Å². The summed E-state index contributed by atoms with van der Waals surface area (Å²) in [6, 6.07) is 2.27. The molecular weight excluding hydrogens is 1050 g/mol. The zero-order chi connectivity index (χ0) is 58.9. The maximum Gasteiger partial charge on any atom is 0.408 e. The lowest BCUT2D eigenvalue weighted by Gasteiger charge is -2.55. The fraction of sp³-hybridized carbons (Fsp3) is 0.857. The van der Waals surface area contributed by atoms with E-state index in [1.807, 2.05) is 20.8 Å². The van der Waals surface area contributed by atoms with E-state index >= 15 is 4.79 Å². The summed E-state index contributed by atoms with van der Waals surface area (Å²) in [6.07, 6.45) is 10.4. The minimum atomic E-state index is -2.45. The van der Waals surface area contributed by atoms with E-state index in [1.165, 1.54) is 6.08 Å². The predicted molar refractivity (Wildman–Crippen MR) is 317 cm³/mol. The van der Waals surface area contributed by atoms with Crippen molar-refractivity contribution in [1.29, 1.82) is 0 Å². The summed E-state index contributed by atoms with van der Waals surface area (Å²) in [5.74, 6) is -3.55. The van der Waals surface area contributed by atoms with Crippen molar-refractivity contribution < 1.29 is 61.5 Å². The summed E-state index contributed by atoms with van der Waals surface area (Å²) < 4.78 is 64.0. The second kappa shape index (κ2) is 25.2. The highest BCUT2D eigenvalue weighted by Crippen LogP contribution is 2.60. The minimum Gasteiger partial charge on any atom is -0.445 e. The Labute approximate surface area is 484 Å². The summed E-state index contributed by atoms with van der Waals surface area (Å²) in [5, 5.41) is 17.0. The maximum atomic E-state index is 16.2.